The highest BCUT2D eigenvalue weighted by molar-refractivity contribution is 6.31. The summed E-state index contributed by atoms with van der Waals surface area (Å²) < 4.78 is 5.06. The van der Waals surface area contributed by atoms with Crippen LogP contribution in [0.15, 0.2) is 12.3 Å². The Balaban J connectivity index is 2.05. The predicted molar refractivity (Wildman–Crippen MR) is 60.3 cm³/mol. The number of aryl methyl sites for hydroxylation is 1. The molecule has 1 saturated carbocycles. The molecule has 0 spiro atoms. The van der Waals surface area contributed by atoms with Crippen molar-refractivity contribution in [3.05, 3.63) is 22.8 Å². The van der Waals surface area contributed by atoms with Gasteiger partial charge in [0, 0.05) is 17.8 Å². The molecule has 82 valence electrons. The summed E-state index contributed by atoms with van der Waals surface area (Å²) in [5, 5.41) is 0.694. The van der Waals surface area contributed by atoms with Crippen molar-refractivity contribution in [2.75, 3.05) is 7.11 Å². The van der Waals surface area contributed by atoms with Crippen LogP contribution in [-0.2, 0) is 6.42 Å². The lowest BCUT2D eigenvalue weighted by atomic mass is 10.1. The fraction of sp³-hybridized carbons (Fsp3) is 0.545. The maximum absolute atomic E-state index is 6.04. The maximum Gasteiger partial charge on any atom is 0.213 e. The quantitative estimate of drug-likeness (QED) is 0.856. The predicted octanol–water partition coefficient (Wildman–Crippen LogP) is 2.17. The van der Waals surface area contributed by atoms with Crippen molar-refractivity contribution in [1.29, 1.82) is 0 Å². The Morgan fingerprint density at radius 1 is 1.60 bits per heavy atom. The van der Waals surface area contributed by atoms with Crippen LogP contribution in [-0.4, -0.2) is 17.6 Å². The second-order valence-corrected chi connectivity index (χ2v) is 4.59. The Kier molecular flexibility index (Phi) is 2.85. The van der Waals surface area contributed by atoms with Gasteiger partial charge in [-0.15, -0.1) is 0 Å². The number of methoxy groups -OCH3 is 1. The Bertz CT molecular complexity index is 364. The molecule has 1 aromatic heterocycles. The molecule has 2 N–H and O–H groups in total. The molecule has 0 aliphatic heterocycles. The van der Waals surface area contributed by atoms with Gasteiger partial charge in [-0.05, 0) is 31.2 Å². The number of aromatic nitrogens is 1. The van der Waals surface area contributed by atoms with Gasteiger partial charge in [-0.2, -0.15) is 0 Å². The van der Waals surface area contributed by atoms with E-state index in [4.69, 9.17) is 22.1 Å². The molecule has 1 aliphatic rings. The number of nitrogens with zero attached hydrogens (tertiary/aromatic N) is 1. The minimum atomic E-state index is 0.0693. The molecule has 15 heavy (non-hydrogen) atoms. The topological polar surface area (TPSA) is 48.1 Å². The molecule has 0 atom stereocenters. The molecule has 1 heterocycles. The van der Waals surface area contributed by atoms with Crippen LogP contribution in [0.5, 0.6) is 5.88 Å². The second kappa shape index (κ2) is 3.99. The zero-order chi connectivity index (χ0) is 10.9. The maximum atomic E-state index is 6.04. The van der Waals surface area contributed by atoms with Gasteiger partial charge >= 0.3 is 0 Å². The average molecular weight is 227 g/mol. The van der Waals surface area contributed by atoms with Crippen molar-refractivity contribution < 1.29 is 4.74 Å². The highest BCUT2D eigenvalue weighted by Gasteiger charge is 2.37. The van der Waals surface area contributed by atoms with Crippen molar-refractivity contribution in [3.8, 4) is 5.88 Å². The van der Waals surface area contributed by atoms with Crippen LogP contribution in [0.3, 0.4) is 0 Å². The van der Waals surface area contributed by atoms with Crippen LogP contribution in [0.4, 0.5) is 0 Å². The Morgan fingerprint density at radius 3 is 2.93 bits per heavy atom. The third-order valence-electron chi connectivity index (χ3n) is 2.90. The third-order valence-corrected chi connectivity index (χ3v) is 3.24. The summed E-state index contributed by atoms with van der Waals surface area (Å²) in [5.41, 5.74) is 7.16. The van der Waals surface area contributed by atoms with Crippen molar-refractivity contribution in [3.63, 3.8) is 0 Å². The molecule has 4 heteroatoms. The molecule has 1 fully saturated rings. The van der Waals surface area contributed by atoms with Gasteiger partial charge in [0.2, 0.25) is 5.88 Å². The van der Waals surface area contributed by atoms with Crippen molar-refractivity contribution in [2.45, 2.75) is 31.2 Å². The molecule has 0 saturated heterocycles. The molecule has 2 rings (SSSR count). The molecule has 0 unspecified atom stereocenters. The van der Waals surface area contributed by atoms with E-state index in [0.29, 0.717) is 10.9 Å². The van der Waals surface area contributed by atoms with Crippen LogP contribution in [0, 0.1) is 0 Å². The third kappa shape index (κ3) is 2.61. The van der Waals surface area contributed by atoms with Gasteiger partial charge < -0.3 is 10.5 Å². The van der Waals surface area contributed by atoms with Crippen LogP contribution in [0.25, 0.3) is 0 Å². The number of pyridine rings is 1. The number of hydrogen-bond acceptors (Lipinski definition) is 3. The van der Waals surface area contributed by atoms with Gasteiger partial charge in [-0.25, -0.2) is 4.98 Å². The summed E-state index contributed by atoms with van der Waals surface area (Å²) >= 11 is 6.04. The highest BCUT2D eigenvalue weighted by Crippen LogP contribution is 2.37. The van der Waals surface area contributed by atoms with Gasteiger partial charge in [0.25, 0.3) is 0 Å². The molecule has 1 aromatic rings. The first-order valence-corrected chi connectivity index (χ1v) is 5.48. The normalized spacial score (nSPS) is 17.5. The molecule has 0 amide bonds. The van der Waals surface area contributed by atoms with Crippen molar-refractivity contribution in [2.24, 2.45) is 5.73 Å². The summed E-state index contributed by atoms with van der Waals surface area (Å²) in [6.07, 6.45) is 5.78. The van der Waals surface area contributed by atoms with E-state index >= 15 is 0 Å². The monoisotopic (exact) mass is 226 g/mol. The van der Waals surface area contributed by atoms with E-state index < -0.39 is 0 Å². The fourth-order valence-corrected chi connectivity index (χ4v) is 1.75. The van der Waals surface area contributed by atoms with Crippen LogP contribution in [0.1, 0.15) is 24.8 Å². The lowest BCUT2D eigenvalue weighted by Gasteiger charge is -2.10. The summed E-state index contributed by atoms with van der Waals surface area (Å²) in [5.74, 6) is 0.608. The molecule has 0 aromatic carbocycles. The van der Waals surface area contributed by atoms with E-state index in [-0.39, 0.29) is 5.54 Å². The molecule has 0 bridgehead atoms. The van der Waals surface area contributed by atoms with E-state index in [1.807, 2.05) is 6.07 Å². The van der Waals surface area contributed by atoms with Crippen molar-refractivity contribution in [1.82, 2.24) is 4.98 Å². The first-order valence-electron chi connectivity index (χ1n) is 5.10. The molecule has 1 aliphatic carbocycles. The molecular weight excluding hydrogens is 212 g/mol. The number of hydrogen-bond donors (Lipinski definition) is 1. The van der Waals surface area contributed by atoms with E-state index in [1.165, 1.54) is 0 Å². The minimum Gasteiger partial charge on any atom is -0.481 e. The van der Waals surface area contributed by atoms with Crippen molar-refractivity contribution >= 4 is 11.6 Å². The SMILES string of the molecule is COc1cc(CCC2(N)CC2)c(Cl)cn1. The van der Waals surface area contributed by atoms with Gasteiger partial charge in [-0.3, -0.25) is 0 Å². The van der Waals surface area contributed by atoms with E-state index in [2.05, 4.69) is 4.98 Å². The van der Waals surface area contributed by atoms with Gasteiger partial charge in [0.15, 0.2) is 0 Å². The number of rotatable bonds is 4. The first-order chi connectivity index (χ1) is 7.13. The Morgan fingerprint density at radius 2 is 2.33 bits per heavy atom. The minimum absolute atomic E-state index is 0.0693. The van der Waals surface area contributed by atoms with E-state index in [9.17, 15) is 0 Å². The smallest absolute Gasteiger partial charge is 0.213 e. The largest absolute Gasteiger partial charge is 0.481 e. The standard InChI is InChI=1S/C11H15ClN2O/c1-15-10-6-8(9(12)7-14-10)2-3-11(13)4-5-11/h6-7H,2-5,13H2,1H3. The van der Waals surface area contributed by atoms with Crippen LogP contribution in [0.2, 0.25) is 5.02 Å². The van der Waals surface area contributed by atoms with Gasteiger partial charge in [0.1, 0.15) is 0 Å². The molecule has 3 nitrogen and oxygen atoms in total. The fourth-order valence-electron chi connectivity index (χ4n) is 1.56. The molecular formula is C11H15ClN2O. The van der Waals surface area contributed by atoms with Gasteiger partial charge in [-0.1, -0.05) is 11.6 Å². The summed E-state index contributed by atoms with van der Waals surface area (Å²) in [6, 6.07) is 1.88. The average Bonchev–Trinajstić information content (AvgIpc) is 2.96. The summed E-state index contributed by atoms with van der Waals surface area (Å²) in [4.78, 5) is 4.03. The zero-order valence-corrected chi connectivity index (χ0v) is 9.55. The highest BCUT2D eigenvalue weighted by atomic mass is 35.5. The lowest BCUT2D eigenvalue weighted by Crippen LogP contribution is -2.22. The summed E-state index contributed by atoms with van der Waals surface area (Å²) in [6.45, 7) is 0. The lowest BCUT2D eigenvalue weighted by molar-refractivity contribution is 0.397. The Hall–Kier alpha value is -0.800. The summed E-state index contributed by atoms with van der Waals surface area (Å²) in [7, 11) is 1.60. The van der Waals surface area contributed by atoms with Crippen LogP contribution >= 0.6 is 11.6 Å². The second-order valence-electron chi connectivity index (χ2n) is 4.18. The van der Waals surface area contributed by atoms with E-state index in [0.717, 1.165) is 31.2 Å². The zero-order valence-electron chi connectivity index (χ0n) is 8.79. The van der Waals surface area contributed by atoms with Crippen LogP contribution < -0.4 is 10.5 Å². The Labute approximate surface area is 94.6 Å². The number of halogens is 1. The van der Waals surface area contributed by atoms with E-state index in [1.54, 1.807) is 13.3 Å². The number of nitrogens with two attached hydrogens (primary N) is 1. The van der Waals surface area contributed by atoms with Gasteiger partial charge in [0.05, 0.1) is 12.1 Å². The number of ether oxygens (including phenoxy) is 1. The first kappa shape index (κ1) is 10.7. The molecule has 0 radical (unpaired) electrons.